The number of fused-ring (bicyclic) bond motifs is 1. The molecule has 0 spiro atoms. The van der Waals surface area contributed by atoms with Crippen LogP contribution in [0.15, 0.2) is 12.7 Å². The molecular weight excluding hydrogens is 306 g/mol. The highest BCUT2D eigenvalue weighted by Gasteiger charge is 2.44. The van der Waals surface area contributed by atoms with E-state index in [0.717, 1.165) is 0 Å². The molecule has 4 atom stereocenters. The van der Waals surface area contributed by atoms with E-state index >= 15 is 0 Å². The topological polar surface area (TPSA) is 158 Å². The summed E-state index contributed by atoms with van der Waals surface area (Å²) in [6, 6.07) is 0. The first-order valence-corrected chi connectivity index (χ1v) is 7.01. The van der Waals surface area contributed by atoms with Crippen molar-refractivity contribution in [1.82, 2.24) is 24.6 Å². The highest BCUT2D eigenvalue weighted by atomic mass is 16.7. The molecule has 1 saturated heterocycles. The van der Waals surface area contributed by atoms with Crippen LogP contribution < -0.4 is 11.5 Å². The molecule has 0 radical (unpaired) electrons. The van der Waals surface area contributed by atoms with Crippen molar-refractivity contribution in [2.24, 2.45) is 5.73 Å². The highest BCUT2D eigenvalue weighted by Crippen LogP contribution is 2.32. The number of aromatic nitrogens is 4. The van der Waals surface area contributed by atoms with Crippen molar-refractivity contribution in [3.63, 3.8) is 0 Å². The summed E-state index contributed by atoms with van der Waals surface area (Å²) in [6.45, 7) is 0.239. The minimum Gasteiger partial charge on any atom is -0.387 e. The monoisotopic (exact) mass is 325 g/mol. The second-order valence-electron chi connectivity index (χ2n) is 5.24. The van der Waals surface area contributed by atoms with E-state index in [2.05, 4.69) is 15.0 Å². The molecule has 0 unspecified atom stereocenters. The van der Waals surface area contributed by atoms with Gasteiger partial charge in [0.2, 0.25) is 0 Å². The third-order valence-electron chi connectivity index (χ3n) is 3.73. The summed E-state index contributed by atoms with van der Waals surface area (Å²) >= 11 is 0. The zero-order valence-corrected chi connectivity index (χ0v) is 12.5. The molecule has 0 aromatic carbocycles. The quantitative estimate of drug-likeness (QED) is 0.351. The number of imidazole rings is 1. The number of likely N-dealkylation sites (N-methyl/N-ethyl adjacent to an activating group) is 1. The summed E-state index contributed by atoms with van der Waals surface area (Å²) in [4.78, 5) is 17.2. The van der Waals surface area contributed by atoms with E-state index in [-0.39, 0.29) is 19.1 Å². The van der Waals surface area contributed by atoms with Gasteiger partial charge in [-0.15, -0.1) is 0 Å². The number of nitrogens with two attached hydrogens (primary N) is 2. The fourth-order valence-electron chi connectivity index (χ4n) is 2.60. The highest BCUT2D eigenvalue weighted by molar-refractivity contribution is 5.81. The molecule has 3 rings (SSSR count). The van der Waals surface area contributed by atoms with E-state index in [1.807, 2.05) is 0 Å². The Kier molecular flexibility index (Phi) is 4.39. The minimum atomic E-state index is -1.15. The molecule has 2 aromatic heterocycles. The molecule has 0 bridgehead atoms. The lowest BCUT2D eigenvalue weighted by molar-refractivity contribution is -0.166. The number of aliphatic hydroxyl groups excluding tert-OH is 2. The van der Waals surface area contributed by atoms with E-state index in [9.17, 15) is 10.2 Å². The van der Waals surface area contributed by atoms with Gasteiger partial charge in [0, 0.05) is 7.05 Å². The molecule has 1 fully saturated rings. The second kappa shape index (κ2) is 6.31. The van der Waals surface area contributed by atoms with Gasteiger partial charge in [0.1, 0.15) is 36.9 Å². The second-order valence-corrected chi connectivity index (χ2v) is 5.24. The number of hydrogen-bond donors (Lipinski definition) is 4. The lowest BCUT2D eigenvalue weighted by Crippen LogP contribution is -2.39. The van der Waals surface area contributed by atoms with Crippen LogP contribution in [0.2, 0.25) is 0 Å². The first-order chi connectivity index (χ1) is 11.0. The third kappa shape index (κ3) is 2.85. The molecule has 6 N–H and O–H groups in total. The molecule has 11 heteroatoms. The molecule has 1 aliphatic rings. The molecule has 23 heavy (non-hydrogen) atoms. The predicted octanol–water partition coefficient (Wildman–Crippen LogP) is -2.19. The van der Waals surface area contributed by atoms with E-state index < -0.39 is 24.5 Å². The Morgan fingerprint density at radius 2 is 2.13 bits per heavy atom. The molecule has 11 nitrogen and oxygen atoms in total. The van der Waals surface area contributed by atoms with Crippen molar-refractivity contribution in [1.29, 1.82) is 0 Å². The maximum atomic E-state index is 10.3. The van der Waals surface area contributed by atoms with Crippen LogP contribution in [0.5, 0.6) is 0 Å². The fourth-order valence-corrected chi connectivity index (χ4v) is 2.60. The largest absolute Gasteiger partial charge is 0.387 e. The number of ether oxygens (including phenoxy) is 1. The zero-order valence-electron chi connectivity index (χ0n) is 12.5. The molecule has 2 aromatic rings. The van der Waals surface area contributed by atoms with Crippen LogP contribution >= 0.6 is 0 Å². The average Bonchev–Trinajstić information content (AvgIpc) is 3.05. The third-order valence-corrected chi connectivity index (χ3v) is 3.73. The normalized spacial score (nSPS) is 28.0. The molecule has 126 valence electrons. The Balaban J connectivity index is 1.84. The van der Waals surface area contributed by atoms with Crippen molar-refractivity contribution >= 4 is 17.0 Å². The first kappa shape index (κ1) is 16.0. The number of hydroxylamine groups is 2. The van der Waals surface area contributed by atoms with Crippen molar-refractivity contribution in [2.45, 2.75) is 24.5 Å². The van der Waals surface area contributed by atoms with Crippen molar-refractivity contribution in [3.05, 3.63) is 12.7 Å². The van der Waals surface area contributed by atoms with Gasteiger partial charge < -0.3 is 26.4 Å². The van der Waals surface area contributed by atoms with Crippen molar-refractivity contribution in [2.75, 3.05) is 26.1 Å². The van der Waals surface area contributed by atoms with Crippen LogP contribution in [0.25, 0.3) is 11.2 Å². The van der Waals surface area contributed by atoms with Gasteiger partial charge in [0.25, 0.3) is 0 Å². The molecular formula is C12H19N7O4. The van der Waals surface area contributed by atoms with Crippen molar-refractivity contribution < 1.29 is 19.8 Å². The van der Waals surface area contributed by atoms with Crippen LogP contribution in [-0.2, 0) is 9.57 Å². The summed E-state index contributed by atoms with van der Waals surface area (Å²) < 4.78 is 7.27. The predicted molar refractivity (Wildman–Crippen MR) is 78.4 cm³/mol. The zero-order chi connectivity index (χ0) is 16.6. The van der Waals surface area contributed by atoms with Crippen LogP contribution in [0.1, 0.15) is 6.23 Å². The maximum Gasteiger partial charge on any atom is 0.167 e. The van der Waals surface area contributed by atoms with E-state index in [0.29, 0.717) is 11.2 Å². The average molecular weight is 325 g/mol. The lowest BCUT2D eigenvalue weighted by Gasteiger charge is -2.21. The van der Waals surface area contributed by atoms with Gasteiger partial charge in [-0.05, 0) is 0 Å². The van der Waals surface area contributed by atoms with Crippen LogP contribution in [-0.4, -0.2) is 73.4 Å². The Bertz CT molecular complexity index is 680. The summed E-state index contributed by atoms with van der Waals surface area (Å²) in [7, 11) is 1.66. The SMILES string of the molecule is CN(C[C@H]1O[C@@H](n2cnc3c(N)ncnc32)[C@H](O)[C@@H]1O)OCN. The number of nitrogen functional groups attached to an aromatic ring is 1. The Hall–Kier alpha value is -1.89. The smallest absolute Gasteiger partial charge is 0.167 e. The first-order valence-electron chi connectivity index (χ1n) is 7.01. The number of nitrogens with zero attached hydrogens (tertiary/aromatic N) is 5. The maximum absolute atomic E-state index is 10.3. The van der Waals surface area contributed by atoms with Gasteiger partial charge in [-0.2, -0.15) is 5.06 Å². The standard InChI is InChI=1S/C12H19N7O4/c1-18(22-3-13)2-6-8(20)9(21)12(23-6)19-5-17-7-10(14)15-4-16-11(7)19/h4-6,8-9,12,20-21H,2-3,13H2,1H3,(H2,14,15,16)/t6-,8-,9-,12-/m1/s1. The Morgan fingerprint density at radius 3 is 2.87 bits per heavy atom. The van der Waals surface area contributed by atoms with Gasteiger partial charge in [0.15, 0.2) is 17.7 Å². The minimum absolute atomic E-state index is 0.00759. The van der Waals surface area contributed by atoms with E-state index in [1.54, 1.807) is 7.05 Å². The van der Waals surface area contributed by atoms with E-state index in [4.69, 9.17) is 21.0 Å². The van der Waals surface area contributed by atoms with Gasteiger partial charge in [-0.1, -0.05) is 0 Å². The number of anilines is 1. The molecule has 0 aliphatic carbocycles. The van der Waals surface area contributed by atoms with Crippen LogP contribution in [0, 0.1) is 0 Å². The summed E-state index contributed by atoms with van der Waals surface area (Å²) in [5.74, 6) is 0.231. The van der Waals surface area contributed by atoms with Gasteiger partial charge in [-0.25, -0.2) is 15.0 Å². The Morgan fingerprint density at radius 1 is 1.35 bits per heavy atom. The van der Waals surface area contributed by atoms with Crippen LogP contribution in [0.4, 0.5) is 5.82 Å². The summed E-state index contributed by atoms with van der Waals surface area (Å²) in [5.41, 5.74) is 11.9. The lowest BCUT2D eigenvalue weighted by atomic mass is 10.1. The Labute approximate surface area is 131 Å². The van der Waals surface area contributed by atoms with Gasteiger partial charge in [0.05, 0.1) is 12.9 Å². The molecule has 0 amide bonds. The molecule has 0 saturated carbocycles. The molecule has 1 aliphatic heterocycles. The number of rotatable bonds is 5. The van der Waals surface area contributed by atoms with Crippen LogP contribution in [0.3, 0.4) is 0 Å². The fraction of sp³-hybridized carbons (Fsp3) is 0.583. The number of aliphatic hydroxyl groups is 2. The van der Waals surface area contributed by atoms with Crippen molar-refractivity contribution in [3.8, 4) is 0 Å². The summed E-state index contributed by atoms with van der Waals surface area (Å²) in [6.07, 6.45) is -1.02. The van der Waals surface area contributed by atoms with E-state index in [1.165, 1.54) is 22.3 Å². The number of hydrogen-bond acceptors (Lipinski definition) is 10. The summed E-state index contributed by atoms with van der Waals surface area (Å²) in [5, 5.41) is 21.9. The van der Waals surface area contributed by atoms with Gasteiger partial charge in [-0.3, -0.25) is 9.40 Å². The molecule has 3 heterocycles. The van der Waals surface area contributed by atoms with Gasteiger partial charge >= 0.3 is 0 Å².